The third kappa shape index (κ3) is 0.998. The zero-order valence-electron chi connectivity index (χ0n) is 6.62. The number of nitriles is 1. The summed E-state index contributed by atoms with van der Waals surface area (Å²) < 4.78 is 0. The maximum atomic E-state index is 8.75. The highest BCUT2D eigenvalue weighted by molar-refractivity contribution is 5.41. The van der Waals surface area contributed by atoms with Gasteiger partial charge in [-0.3, -0.25) is 0 Å². The molecule has 0 radical (unpaired) electrons. The van der Waals surface area contributed by atoms with E-state index >= 15 is 0 Å². The second-order valence-corrected chi connectivity index (χ2v) is 2.76. The van der Waals surface area contributed by atoms with E-state index in [0.717, 1.165) is 23.3 Å². The molecule has 0 aromatic carbocycles. The van der Waals surface area contributed by atoms with Crippen LogP contribution in [0.25, 0.3) is 12.2 Å². The Bertz CT molecular complexity index is 452. The van der Waals surface area contributed by atoms with Gasteiger partial charge < -0.3 is 0 Å². The van der Waals surface area contributed by atoms with Crippen molar-refractivity contribution in [3.8, 4) is 6.07 Å². The van der Waals surface area contributed by atoms with Crippen molar-refractivity contribution in [2.24, 2.45) is 0 Å². The fourth-order valence-corrected chi connectivity index (χ4v) is 1.44. The molecule has 1 aliphatic rings. The van der Waals surface area contributed by atoms with Crippen molar-refractivity contribution in [3.63, 3.8) is 0 Å². The minimum absolute atomic E-state index is 0.545. The summed E-state index contributed by atoms with van der Waals surface area (Å²) in [5.74, 6) is 0. The van der Waals surface area contributed by atoms with Gasteiger partial charge in [0.05, 0.1) is 0 Å². The van der Waals surface area contributed by atoms with Crippen LogP contribution in [-0.2, 0) is 0 Å². The molecule has 2 heteroatoms. The fraction of sp³-hybridized carbons (Fsp3) is 0.200. The Morgan fingerprint density at radius 2 is 2.17 bits per heavy atom. The topological polar surface area (TPSA) is 36.7 Å². The first-order chi connectivity index (χ1) is 5.92. The Hall–Kier alpha value is -1.62. The minimum Gasteiger partial charge on any atom is -0.245 e. The number of pyridine rings is 1. The molecule has 0 unspecified atom stereocenters. The average Bonchev–Trinajstić information content (AvgIpc) is 2.17. The molecule has 0 spiro atoms. The number of nitrogens with zero attached hydrogens (tertiary/aromatic N) is 2. The lowest BCUT2D eigenvalue weighted by Gasteiger charge is -1.99. The Labute approximate surface area is 70.5 Å². The van der Waals surface area contributed by atoms with Crippen LogP contribution in [0.1, 0.15) is 18.5 Å². The van der Waals surface area contributed by atoms with Crippen LogP contribution in [0.2, 0.25) is 0 Å². The predicted octanol–water partition coefficient (Wildman–Crippen LogP) is 0.308. The van der Waals surface area contributed by atoms with Crippen molar-refractivity contribution in [1.82, 2.24) is 4.98 Å². The van der Waals surface area contributed by atoms with E-state index in [0.29, 0.717) is 5.69 Å². The molecule has 0 amide bonds. The van der Waals surface area contributed by atoms with Crippen LogP contribution in [0, 0.1) is 11.3 Å². The standard InChI is InChI=1S/C10H8N2/c11-7-10-9-4-2-1-3-8(9)5-6-12-10/h3-6H,1-2H2. The van der Waals surface area contributed by atoms with Gasteiger partial charge in [0, 0.05) is 11.4 Å². The van der Waals surface area contributed by atoms with Gasteiger partial charge in [0.25, 0.3) is 0 Å². The monoisotopic (exact) mass is 156 g/mol. The lowest BCUT2D eigenvalue weighted by atomic mass is 10.1. The molecule has 58 valence electrons. The van der Waals surface area contributed by atoms with Crippen molar-refractivity contribution in [2.45, 2.75) is 12.8 Å². The van der Waals surface area contributed by atoms with Crippen molar-refractivity contribution < 1.29 is 0 Å². The van der Waals surface area contributed by atoms with Gasteiger partial charge in [-0.2, -0.15) is 5.26 Å². The first-order valence-corrected chi connectivity index (χ1v) is 3.97. The number of rotatable bonds is 0. The van der Waals surface area contributed by atoms with E-state index in [4.69, 9.17) is 5.26 Å². The van der Waals surface area contributed by atoms with E-state index in [2.05, 4.69) is 23.2 Å². The highest BCUT2D eigenvalue weighted by atomic mass is 14.7. The summed E-state index contributed by atoms with van der Waals surface area (Å²) >= 11 is 0. The van der Waals surface area contributed by atoms with Gasteiger partial charge in [-0.25, -0.2) is 4.98 Å². The molecular formula is C10H8N2. The summed E-state index contributed by atoms with van der Waals surface area (Å²) in [4.78, 5) is 4.00. The predicted molar refractivity (Wildman–Crippen MR) is 46.4 cm³/mol. The van der Waals surface area contributed by atoms with Crippen LogP contribution in [-0.4, -0.2) is 4.98 Å². The number of aromatic nitrogens is 1. The minimum atomic E-state index is 0.545. The molecule has 0 atom stereocenters. The fourth-order valence-electron chi connectivity index (χ4n) is 1.44. The summed E-state index contributed by atoms with van der Waals surface area (Å²) in [6, 6.07) is 4.04. The molecule has 0 aliphatic heterocycles. The second kappa shape index (κ2) is 2.78. The average molecular weight is 156 g/mol. The zero-order valence-corrected chi connectivity index (χ0v) is 6.62. The summed E-state index contributed by atoms with van der Waals surface area (Å²) in [5.41, 5.74) is 0.545. The van der Waals surface area contributed by atoms with Crippen LogP contribution in [0.15, 0.2) is 12.3 Å². The molecular weight excluding hydrogens is 148 g/mol. The van der Waals surface area contributed by atoms with Gasteiger partial charge in [-0.05, 0) is 24.1 Å². The van der Waals surface area contributed by atoms with Crippen molar-refractivity contribution >= 4 is 12.2 Å². The quantitative estimate of drug-likeness (QED) is 0.542. The van der Waals surface area contributed by atoms with Crippen LogP contribution >= 0.6 is 0 Å². The molecule has 1 heterocycles. The SMILES string of the molecule is N#Cc1nccc2c1=CCCC=2. The molecule has 2 rings (SSSR count). The molecule has 1 aliphatic carbocycles. The molecule has 0 fully saturated rings. The molecule has 0 bridgehead atoms. The molecule has 1 aromatic heterocycles. The van der Waals surface area contributed by atoms with Crippen molar-refractivity contribution in [3.05, 3.63) is 28.4 Å². The lowest BCUT2D eigenvalue weighted by Crippen LogP contribution is -2.30. The Balaban J connectivity index is 2.88. The Morgan fingerprint density at radius 1 is 1.33 bits per heavy atom. The van der Waals surface area contributed by atoms with E-state index in [-0.39, 0.29) is 0 Å². The third-order valence-corrected chi connectivity index (χ3v) is 2.01. The molecule has 0 saturated carbocycles. The van der Waals surface area contributed by atoms with Gasteiger partial charge >= 0.3 is 0 Å². The Kier molecular flexibility index (Phi) is 1.64. The summed E-state index contributed by atoms with van der Waals surface area (Å²) in [6.45, 7) is 0. The second-order valence-electron chi connectivity index (χ2n) is 2.76. The third-order valence-electron chi connectivity index (χ3n) is 2.01. The summed E-state index contributed by atoms with van der Waals surface area (Å²) in [6.07, 6.45) is 8.01. The highest BCUT2D eigenvalue weighted by Gasteiger charge is 1.98. The highest BCUT2D eigenvalue weighted by Crippen LogP contribution is 1.95. The van der Waals surface area contributed by atoms with Crippen LogP contribution in [0.4, 0.5) is 0 Å². The van der Waals surface area contributed by atoms with Gasteiger partial charge in [-0.15, -0.1) is 0 Å². The molecule has 2 nitrogen and oxygen atoms in total. The van der Waals surface area contributed by atoms with Gasteiger partial charge in [0.15, 0.2) is 0 Å². The van der Waals surface area contributed by atoms with Crippen LogP contribution in [0.3, 0.4) is 0 Å². The van der Waals surface area contributed by atoms with E-state index in [1.54, 1.807) is 6.20 Å². The van der Waals surface area contributed by atoms with Crippen molar-refractivity contribution in [2.75, 3.05) is 0 Å². The number of fused-ring (bicyclic) bond motifs is 1. The first-order valence-electron chi connectivity index (χ1n) is 3.97. The summed E-state index contributed by atoms with van der Waals surface area (Å²) in [7, 11) is 0. The van der Waals surface area contributed by atoms with Crippen molar-refractivity contribution in [1.29, 1.82) is 5.26 Å². The molecule has 1 aromatic rings. The number of hydrogen-bond acceptors (Lipinski definition) is 2. The largest absolute Gasteiger partial charge is 0.245 e. The maximum Gasteiger partial charge on any atom is 0.147 e. The van der Waals surface area contributed by atoms with Crippen LogP contribution < -0.4 is 10.4 Å². The molecule has 0 saturated heterocycles. The molecule has 0 N–H and O–H groups in total. The number of hydrogen-bond donors (Lipinski definition) is 0. The normalized spacial score (nSPS) is 13.6. The smallest absolute Gasteiger partial charge is 0.147 e. The van der Waals surface area contributed by atoms with E-state index in [1.165, 1.54) is 0 Å². The lowest BCUT2D eigenvalue weighted by molar-refractivity contribution is 1.09. The van der Waals surface area contributed by atoms with Gasteiger partial charge in [0.1, 0.15) is 11.8 Å². The van der Waals surface area contributed by atoms with Crippen LogP contribution in [0.5, 0.6) is 0 Å². The summed E-state index contributed by atoms with van der Waals surface area (Å²) in [5, 5.41) is 10.9. The maximum absolute atomic E-state index is 8.75. The Morgan fingerprint density at radius 3 is 3.00 bits per heavy atom. The zero-order chi connectivity index (χ0) is 8.39. The molecule has 12 heavy (non-hydrogen) atoms. The van der Waals surface area contributed by atoms with Gasteiger partial charge in [-0.1, -0.05) is 12.2 Å². The van der Waals surface area contributed by atoms with E-state index < -0.39 is 0 Å². The van der Waals surface area contributed by atoms with Gasteiger partial charge in [0.2, 0.25) is 0 Å². The van der Waals surface area contributed by atoms with E-state index in [9.17, 15) is 0 Å². The van der Waals surface area contributed by atoms with E-state index in [1.807, 2.05) is 6.07 Å². The first kappa shape index (κ1) is 7.05.